The second-order valence-electron chi connectivity index (χ2n) is 5.64. The highest BCUT2D eigenvalue weighted by atomic mass is 16.2. The smallest absolute Gasteiger partial charge is 0.210 e. The van der Waals surface area contributed by atoms with E-state index in [1.54, 1.807) is 0 Å². The Morgan fingerprint density at radius 2 is 0.900 bits per heavy atom. The van der Waals surface area contributed by atoms with Crippen molar-refractivity contribution in [2.24, 2.45) is 0 Å². The van der Waals surface area contributed by atoms with E-state index in [2.05, 4.69) is 0 Å². The first-order valence-corrected chi connectivity index (χ1v) is 6.73. The number of carbonyl (C=O) groups is 2. The van der Waals surface area contributed by atoms with Crippen LogP contribution in [0.5, 0.6) is 0 Å². The maximum absolute atomic E-state index is 12.3. The van der Waals surface area contributed by atoms with Gasteiger partial charge >= 0.3 is 0 Å². The molecule has 0 amide bonds. The molecule has 3 rings (SSSR count). The topological polar surface area (TPSA) is 34.1 Å². The summed E-state index contributed by atoms with van der Waals surface area (Å²) in [6.45, 7) is 3.75. The van der Waals surface area contributed by atoms with E-state index < -0.39 is 10.8 Å². The van der Waals surface area contributed by atoms with Crippen molar-refractivity contribution in [2.75, 3.05) is 0 Å². The number of hydrogen-bond donors (Lipinski definition) is 0. The molecule has 2 aromatic carbocycles. The summed E-state index contributed by atoms with van der Waals surface area (Å²) in [7, 11) is 0. The van der Waals surface area contributed by atoms with Crippen LogP contribution >= 0.6 is 0 Å². The van der Waals surface area contributed by atoms with Crippen LogP contribution in [0, 0.1) is 0 Å². The largest absolute Gasteiger partial charge is 0.290 e. The Hall–Kier alpha value is -2.22. The van der Waals surface area contributed by atoms with Crippen molar-refractivity contribution in [3.05, 3.63) is 71.8 Å². The predicted molar refractivity (Wildman–Crippen MR) is 77.6 cm³/mol. The zero-order valence-electron chi connectivity index (χ0n) is 11.6. The van der Waals surface area contributed by atoms with Crippen LogP contribution in [0.2, 0.25) is 0 Å². The molecule has 0 saturated heterocycles. The lowest BCUT2D eigenvalue weighted by atomic mass is 9.45. The zero-order valence-corrected chi connectivity index (χ0v) is 11.6. The minimum atomic E-state index is -0.785. The van der Waals surface area contributed by atoms with Gasteiger partial charge in [-0.1, -0.05) is 60.7 Å². The van der Waals surface area contributed by atoms with Crippen molar-refractivity contribution in [3.8, 4) is 0 Å². The van der Waals surface area contributed by atoms with Gasteiger partial charge in [0, 0.05) is 0 Å². The van der Waals surface area contributed by atoms with Crippen LogP contribution in [0.25, 0.3) is 0 Å². The first-order valence-electron chi connectivity index (χ1n) is 6.73. The minimum absolute atomic E-state index is 0.296. The molecule has 1 aliphatic rings. The van der Waals surface area contributed by atoms with Gasteiger partial charge in [0.05, 0.1) is 10.8 Å². The molecule has 2 aromatic rings. The summed E-state index contributed by atoms with van der Waals surface area (Å²) in [6.07, 6.45) is 0. The van der Waals surface area contributed by atoms with Crippen LogP contribution < -0.4 is 0 Å². The Morgan fingerprint density at radius 1 is 0.600 bits per heavy atom. The molecular weight excluding hydrogens is 248 g/mol. The third kappa shape index (κ3) is 1.34. The third-order valence-electron chi connectivity index (χ3n) is 4.82. The second kappa shape index (κ2) is 4.14. The number of ketones is 2. The molecule has 0 N–H and O–H groups in total. The molecule has 0 aromatic heterocycles. The SMILES string of the molecule is C[C@@]1(c2ccccc2)C(=O)C(=O)[C@@]1(C)c1ccccc1. The lowest BCUT2D eigenvalue weighted by Crippen LogP contribution is -2.70. The monoisotopic (exact) mass is 264 g/mol. The molecule has 1 saturated carbocycles. The van der Waals surface area contributed by atoms with Crippen LogP contribution in [-0.2, 0) is 20.4 Å². The number of hydrogen-bond acceptors (Lipinski definition) is 2. The van der Waals surface area contributed by atoms with Crippen LogP contribution in [0.1, 0.15) is 25.0 Å². The van der Waals surface area contributed by atoms with Gasteiger partial charge < -0.3 is 0 Å². The number of carbonyl (C=O) groups excluding carboxylic acids is 2. The molecule has 100 valence electrons. The van der Waals surface area contributed by atoms with Gasteiger partial charge in [0.1, 0.15) is 0 Å². The standard InChI is InChI=1S/C18H16O2/c1-17(13-9-5-3-6-10-13)15(19)16(20)18(17,2)14-11-7-4-8-12-14/h3-12H,1-2H3/t17-,18-/m1/s1. The van der Waals surface area contributed by atoms with Gasteiger partial charge in [-0.25, -0.2) is 0 Å². The van der Waals surface area contributed by atoms with Crippen molar-refractivity contribution in [2.45, 2.75) is 24.7 Å². The quantitative estimate of drug-likeness (QED) is 0.781. The second-order valence-corrected chi connectivity index (χ2v) is 5.64. The molecule has 2 heteroatoms. The van der Waals surface area contributed by atoms with Crippen molar-refractivity contribution < 1.29 is 9.59 Å². The lowest BCUT2D eigenvalue weighted by molar-refractivity contribution is -0.156. The van der Waals surface area contributed by atoms with Gasteiger partial charge in [0.15, 0.2) is 0 Å². The fourth-order valence-corrected chi connectivity index (χ4v) is 3.23. The van der Waals surface area contributed by atoms with Crippen LogP contribution in [0.15, 0.2) is 60.7 Å². The van der Waals surface area contributed by atoms with Gasteiger partial charge in [-0.3, -0.25) is 9.59 Å². The molecule has 0 unspecified atom stereocenters. The van der Waals surface area contributed by atoms with Crippen LogP contribution in [0.4, 0.5) is 0 Å². The van der Waals surface area contributed by atoms with Crippen molar-refractivity contribution in [3.63, 3.8) is 0 Å². The summed E-state index contributed by atoms with van der Waals surface area (Å²) >= 11 is 0. The fourth-order valence-electron chi connectivity index (χ4n) is 3.23. The Bertz CT molecular complexity index is 614. The van der Waals surface area contributed by atoms with Crippen LogP contribution in [0.3, 0.4) is 0 Å². The zero-order chi connectivity index (χ0) is 14.4. The molecule has 0 aliphatic heterocycles. The molecule has 0 spiro atoms. The average Bonchev–Trinajstić information content (AvgIpc) is 2.53. The first kappa shape index (κ1) is 12.8. The molecule has 1 fully saturated rings. The highest BCUT2D eigenvalue weighted by molar-refractivity contribution is 6.52. The van der Waals surface area contributed by atoms with Crippen molar-refractivity contribution >= 4 is 11.6 Å². The Balaban J connectivity index is 2.20. The van der Waals surface area contributed by atoms with E-state index in [0.29, 0.717) is 0 Å². The van der Waals surface area contributed by atoms with E-state index in [1.807, 2.05) is 74.5 Å². The number of Topliss-reactive ketones (excluding diaryl/α,β-unsaturated/α-hetero) is 2. The molecule has 0 bridgehead atoms. The molecule has 2 nitrogen and oxygen atoms in total. The van der Waals surface area contributed by atoms with E-state index in [4.69, 9.17) is 0 Å². The highest BCUT2D eigenvalue weighted by Crippen LogP contribution is 2.53. The summed E-state index contributed by atoms with van der Waals surface area (Å²) in [6, 6.07) is 19.1. The molecule has 0 radical (unpaired) electrons. The van der Waals surface area contributed by atoms with Gasteiger partial charge in [0.25, 0.3) is 0 Å². The number of benzene rings is 2. The Kier molecular flexibility index (Phi) is 2.65. The van der Waals surface area contributed by atoms with Gasteiger partial charge in [-0.05, 0) is 25.0 Å². The normalized spacial score (nSPS) is 29.1. The summed E-state index contributed by atoms with van der Waals surface area (Å²) in [5, 5.41) is 0. The Morgan fingerprint density at radius 3 is 1.20 bits per heavy atom. The first-order chi connectivity index (χ1) is 9.53. The summed E-state index contributed by atoms with van der Waals surface area (Å²) in [5.41, 5.74) is 0.228. The third-order valence-corrected chi connectivity index (χ3v) is 4.82. The molecule has 0 heterocycles. The fraction of sp³-hybridized carbons (Fsp3) is 0.222. The van der Waals surface area contributed by atoms with Crippen LogP contribution in [-0.4, -0.2) is 11.6 Å². The maximum atomic E-state index is 12.3. The summed E-state index contributed by atoms with van der Waals surface area (Å²) in [4.78, 5) is 24.6. The lowest BCUT2D eigenvalue weighted by Gasteiger charge is -2.52. The van der Waals surface area contributed by atoms with Gasteiger partial charge in [0.2, 0.25) is 11.6 Å². The summed E-state index contributed by atoms with van der Waals surface area (Å²) < 4.78 is 0. The minimum Gasteiger partial charge on any atom is -0.290 e. The molecule has 1 aliphatic carbocycles. The summed E-state index contributed by atoms with van der Waals surface area (Å²) in [5.74, 6) is -0.592. The van der Waals surface area contributed by atoms with Gasteiger partial charge in [-0.15, -0.1) is 0 Å². The Labute approximate surface area is 118 Å². The van der Waals surface area contributed by atoms with E-state index in [0.717, 1.165) is 11.1 Å². The highest BCUT2D eigenvalue weighted by Gasteiger charge is 2.68. The number of rotatable bonds is 2. The van der Waals surface area contributed by atoms with E-state index in [-0.39, 0.29) is 11.6 Å². The maximum Gasteiger partial charge on any atom is 0.210 e. The van der Waals surface area contributed by atoms with Crippen molar-refractivity contribution in [1.82, 2.24) is 0 Å². The van der Waals surface area contributed by atoms with Gasteiger partial charge in [-0.2, -0.15) is 0 Å². The average molecular weight is 264 g/mol. The molecule has 2 atom stereocenters. The van der Waals surface area contributed by atoms with E-state index in [9.17, 15) is 9.59 Å². The predicted octanol–water partition coefficient (Wildman–Crippen LogP) is 3.05. The van der Waals surface area contributed by atoms with Crippen molar-refractivity contribution in [1.29, 1.82) is 0 Å². The van der Waals surface area contributed by atoms with E-state index >= 15 is 0 Å². The molecular formula is C18H16O2. The molecule has 20 heavy (non-hydrogen) atoms. The van der Waals surface area contributed by atoms with E-state index in [1.165, 1.54) is 0 Å².